The number of carbonyl (C=O) groups excluding carboxylic acids is 2. The molecule has 156 valence electrons. The third-order valence-corrected chi connectivity index (χ3v) is 4.59. The van der Waals surface area contributed by atoms with Crippen molar-refractivity contribution in [2.45, 2.75) is 33.8 Å². The molecule has 0 amide bonds. The van der Waals surface area contributed by atoms with Gasteiger partial charge in [0, 0.05) is 22.6 Å². The van der Waals surface area contributed by atoms with Crippen molar-refractivity contribution in [1.29, 1.82) is 0 Å². The van der Waals surface area contributed by atoms with Crippen molar-refractivity contribution in [1.82, 2.24) is 4.57 Å². The van der Waals surface area contributed by atoms with E-state index in [1.165, 1.54) is 12.1 Å². The van der Waals surface area contributed by atoms with Crippen LogP contribution in [-0.2, 0) is 4.74 Å². The van der Waals surface area contributed by atoms with Crippen molar-refractivity contribution >= 4 is 11.8 Å². The van der Waals surface area contributed by atoms with Crippen molar-refractivity contribution in [3.63, 3.8) is 0 Å². The Morgan fingerprint density at radius 1 is 1.03 bits per heavy atom. The number of Topliss-reactive ketones (excluding diaryl/α,β-unsaturated/α-hetero) is 1. The van der Waals surface area contributed by atoms with Crippen LogP contribution < -0.4 is 4.74 Å². The van der Waals surface area contributed by atoms with Crippen molar-refractivity contribution in [2.75, 3.05) is 6.61 Å². The minimum absolute atomic E-state index is 0.0341. The number of rotatable bonds is 7. The van der Waals surface area contributed by atoms with Crippen LogP contribution in [0.5, 0.6) is 5.75 Å². The summed E-state index contributed by atoms with van der Waals surface area (Å²) in [6.07, 6.45) is 0.0341. The van der Waals surface area contributed by atoms with Crippen LogP contribution in [0.15, 0.2) is 54.6 Å². The van der Waals surface area contributed by atoms with Gasteiger partial charge < -0.3 is 14.0 Å². The summed E-state index contributed by atoms with van der Waals surface area (Å²) in [5.41, 5.74) is 2.85. The Kier molecular flexibility index (Phi) is 6.35. The van der Waals surface area contributed by atoms with Gasteiger partial charge in [-0.25, -0.2) is 9.18 Å². The van der Waals surface area contributed by atoms with E-state index in [2.05, 4.69) is 0 Å². The summed E-state index contributed by atoms with van der Waals surface area (Å²) in [4.78, 5) is 24.9. The lowest BCUT2D eigenvalue weighted by atomic mass is 10.1. The molecule has 0 unspecified atom stereocenters. The third-order valence-electron chi connectivity index (χ3n) is 4.59. The Hall–Kier alpha value is -3.41. The summed E-state index contributed by atoms with van der Waals surface area (Å²) in [5, 5.41) is 0. The van der Waals surface area contributed by atoms with Crippen LogP contribution >= 0.6 is 0 Å². The molecule has 3 rings (SSSR count). The second-order valence-corrected chi connectivity index (χ2v) is 7.29. The van der Waals surface area contributed by atoms with Gasteiger partial charge in [-0.05, 0) is 76.2 Å². The molecule has 3 aromatic rings. The molecule has 0 atom stereocenters. The first kappa shape index (κ1) is 21.3. The summed E-state index contributed by atoms with van der Waals surface area (Å²) >= 11 is 0. The quantitative estimate of drug-likeness (QED) is 0.404. The van der Waals surface area contributed by atoms with Crippen molar-refractivity contribution in [3.05, 3.63) is 82.9 Å². The highest BCUT2D eigenvalue weighted by Crippen LogP contribution is 2.22. The van der Waals surface area contributed by atoms with Gasteiger partial charge in [0.1, 0.15) is 11.6 Å². The van der Waals surface area contributed by atoms with Gasteiger partial charge in [-0.3, -0.25) is 4.79 Å². The lowest BCUT2D eigenvalue weighted by Gasteiger charge is -2.10. The first-order chi connectivity index (χ1) is 14.3. The topological polar surface area (TPSA) is 57.5 Å². The van der Waals surface area contributed by atoms with E-state index in [0.29, 0.717) is 28.3 Å². The standard InChI is InChI=1S/C24H24FNO4/c1-15(2)30-21-10-8-18(9-11-21)24(28)29-14-23(27)22-12-16(3)26(17(22)4)20-7-5-6-19(25)13-20/h5-13,15H,14H2,1-4H3. The molecule has 0 aliphatic carbocycles. The van der Waals surface area contributed by atoms with Gasteiger partial charge in [0.15, 0.2) is 6.61 Å². The Morgan fingerprint density at radius 3 is 2.37 bits per heavy atom. The van der Waals surface area contributed by atoms with E-state index in [1.54, 1.807) is 54.0 Å². The average Bonchev–Trinajstić information content (AvgIpc) is 3.00. The second kappa shape index (κ2) is 8.95. The van der Waals surface area contributed by atoms with Gasteiger partial charge in [-0.1, -0.05) is 6.07 Å². The second-order valence-electron chi connectivity index (χ2n) is 7.29. The van der Waals surface area contributed by atoms with Crippen LogP contribution in [0, 0.1) is 19.7 Å². The molecule has 0 saturated carbocycles. The Morgan fingerprint density at radius 2 is 1.73 bits per heavy atom. The van der Waals surface area contributed by atoms with Gasteiger partial charge in [0.2, 0.25) is 5.78 Å². The van der Waals surface area contributed by atoms with Crippen molar-refractivity contribution in [2.24, 2.45) is 0 Å². The average molecular weight is 409 g/mol. The van der Waals surface area contributed by atoms with Crippen molar-refractivity contribution in [3.8, 4) is 11.4 Å². The van der Waals surface area contributed by atoms with E-state index < -0.39 is 5.97 Å². The number of aromatic nitrogens is 1. The molecular weight excluding hydrogens is 385 g/mol. The SMILES string of the molecule is Cc1cc(C(=O)COC(=O)c2ccc(OC(C)C)cc2)c(C)n1-c1cccc(F)c1. The number of hydrogen-bond acceptors (Lipinski definition) is 4. The van der Waals surface area contributed by atoms with E-state index in [1.807, 2.05) is 20.8 Å². The molecule has 2 aromatic carbocycles. The molecule has 0 radical (unpaired) electrons. The normalized spacial score (nSPS) is 10.9. The summed E-state index contributed by atoms with van der Waals surface area (Å²) in [6.45, 7) is 7.07. The molecule has 1 aromatic heterocycles. The van der Waals surface area contributed by atoms with Crippen LogP contribution in [0.1, 0.15) is 46.0 Å². The first-order valence-electron chi connectivity index (χ1n) is 9.68. The number of benzene rings is 2. The third kappa shape index (κ3) is 4.76. The minimum Gasteiger partial charge on any atom is -0.491 e. The lowest BCUT2D eigenvalue weighted by Crippen LogP contribution is -2.15. The van der Waals surface area contributed by atoms with E-state index in [4.69, 9.17) is 9.47 Å². The monoisotopic (exact) mass is 409 g/mol. The molecule has 0 bridgehead atoms. The van der Waals surface area contributed by atoms with Gasteiger partial charge >= 0.3 is 5.97 Å². The van der Waals surface area contributed by atoms with E-state index in [0.717, 1.165) is 5.69 Å². The summed E-state index contributed by atoms with van der Waals surface area (Å²) in [7, 11) is 0. The van der Waals surface area contributed by atoms with Gasteiger partial charge in [-0.15, -0.1) is 0 Å². The highest BCUT2D eigenvalue weighted by atomic mass is 19.1. The molecule has 0 fully saturated rings. The van der Waals surface area contributed by atoms with Crippen LogP contribution in [0.25, 0.3) is 5.69 Å². The van der Waals surface area contributed by atoms with Crippen LogP contribution in [0.2, 0.25) is 0 Å². The maximum Gasteiger partial charge on any atom is 0.338 e. The fraction of sp³-hybridized carbons (Fsp3) is 0.250. The highest BCUT2D eigenvalue weighted by molar-refractivity contribution is 6.00. The zero-order valence-corrected chi connectivity index (χ0v) is 17.4. The van der Waals surface area contributed by atoms with E-state index in [9.17, 15) is 14.0 Å². The zero-order valence-electron chi connectivity index (χ0n) is 17.4. The fourth-order valence-corrected chi connectivity index (χ4v) is 3.29. The van der Waals surface area contributed by atoms with Crippen molar-refractivity contribution < 1.29 is 23.5 Å². The number of hydrogen-bond donors (Lipinski definition) is 0. The minimum atomic E-state index is -0.585. The molecule has 30 heavy (non-hydrogen) atoms. The highest BCUT2D eigenvalue weighted by Gasteiger charge is 2.19. The van der Waals surface area contributed by atoms with Gasteiger partial charge in [0.25, 0.3) is 0 Å². The van der Waals surface area contributed by atoms with E-state index >= 15 is 0 Å². The fourth-order valence-electron chi connectivity index (χ4n) is 3.29. The summed E-state index contributed by atoms with van der Waals surface area (Å²) in [6, 6.07) is 14.4. The molecule has 6 heteroatoms. The predicted octanol–water partition coefficient (Wildman–Crippen LogP) is 5.06. The molecule has 0 spiro atoms. The predicted molar refractivity (Wildman–Crippen MR) is 112 cm³/mol. The molecule has 0 aliphatic rings. The first-order valence-corrected chi connectivity index (χ1v) is 9.68. The largest absolute Gasteiger partial charge is 0.491 e. The van der Waals surface area contributed by atoms with Crippen LogP contribution in [0.4, 0.5) is 4.39 Å². The number of ketones is 1. The Balaban J connectivity index is 1.69. The molecule has 0 N–H and O–H groups in total. The molecular formula is C24H24FNO4. The Bertz CT molecular complexity index is 1070. The van der Waals surface area contributed by atoms with E-state index in [-0.39, 0.29) is 24.3 Å². The summed E-state index contributed by atoms with van der Waals surface area (Å²) < 4.78 is 26.1. The van der Waals surface area contributed by atoms with Gasteiger partial charge in [-0.2, -0.15) is 0 Å². The number of nitrogens with zero attached hydrogens (tertiary/aromatic N) is 1. The number of carbonyl (C=O) groups is 2. The smallest absolute Gasteiger partial charge is 0.338 e. The van der Waals surface area contributed by atoms with Crippen LogP contribution in [0.3, 0.4) is 0 Å². The number of halogens is 1. The maximum absolute atomic E-state index is 13.6. The summed E-state index contributed by atoms with van der Waals surface area (Å²) in [5.74, 6) is -0.605. The number of esters is 1. The zero-order chi connectivity index (χ0) is 21.8. The molecule has 0 saturated heterocycles. The van der Waals surface area contributed by atoms with Crippen LogP contribution in [-0.4, -0.2) is 29.0 Å². The molecule has 0 aliphatic heterocycles. The lowest BCUT2D eigenvalue weighted by molar-refractivity contribution is 0.0474. The number of ether oxygens (including phenoxy) is 2. The number of aryl methyl sites for hydroxylation is 1. The molecule has 1 heterocycles. The van der Waals surface area contributed by atoms with Gasteiger partial charge in [0.05, 0.1) is 11.7 Å². The molecule has 5 nitrogen and oxygen atoms in total. The Labute approximate surface area is 175 Å². The maximum atomic E-state index is 13.6.